The number of anilines is 3. The van der Waals surface area contributed by atoms with Crippen LogP contribution in [0.1, 0.15) is 205 Å². The smallest absolute Gasteiger partial charge is 0.416 e. The Bertz CT molecular complexity index is 6280. The molecule has 12 aromatic rings. The number of aryl methyl sites for hydroxylation is 8. The molecule has 736 valence electrons. The van der Waals surface area contributed by atoms with E-state index in [2.05, 4.69) is 82.7 Å². The third kappa shape index (κ3) is 30.9. The van der Waals surface area contributed by atoms with E-state index < -0.39 is 64.9 Å². The number of carbonyl (C=O) groups excluding carboxylic acids is 1. The monoisotopic (exact) mass is 1950 g/mol. The van der Waals surface area contributed by atoms with Gasteiger partial charge in [-0.05, 0) is 266 Å². The molecule has 0 aliphatic heterocycles. The molecule has 0 saturated heterocycles. The zero-order valence-electron chi connectivity index (χ0n) is 79.7. The van der Waals surface area contributed by atoms with E-state index in [-0.39, 0.29) is 125 Å². The molecule has 0 aliphatic rings. The zero-order valence-corrected chi connectivity index (χ0v) is 80.5. The van der Waals surface area contributed by atoms with Crippen molar-refractivity contribution in [2.45, 2.75) is 204 Å². The summed E-state index contributed by atoms with van der Waals surface area (Å²) in [5, 5.41) is 27.1. The molecule has 9 aromatic carbocycles. The topological polar surface area (TPSA) is 247 Å². The van der Waals surface area contributed by atoms with Gasteiger partial charge >= 0.3 is 42.6 Å². The molecule has 0 radical (unpaired) electrons. The quantitative estimate of drug-likeness (QED) is 0.0244. The van der Waals surface area contributed by atoms with Gasteiger partial charge in [0.05, 0.1) is 79.3 Å². The highest BCUT2D eigenvalue weighted by Gasteiger charge is 2.39. The normalized spacial score (nSPS) is 11.6. The fourth-order valence-corrected chi connectivity index (χ4v) is 15.9. The Kier molecular flexibility index (Phi) is 36.4. The van der Waals surface area contributed by atoms with Crippen molar-refractivity contribution in [2.75, 3.05) is 48.6 Å². The number of carboxylic acids is 3. The van der Waals surface area contributed by atoms with Crippen LogP contribution in [-0.2, 0) is 78.4 Å². The summed E-state index contributed by atoms with van der Waals surface area (Å²) in [6.45, 7) is 26.5. The first-order valence-corrected chi connectivity index (χ1v) is 45.1. The number of benzene rings is 9. The molecule has 12 rings (SSSR count). The van der Waals surface area contributed by atoms with Gasteiger partial charge in [0, 0.05) is 83.2 Å². The van der Waals surface area contributed by atoms with Crippen LogP contribution in [0, 0.1) is 62.3 Å². The Labute approximate surface area is 805 Å². The van der Waals surface area contributed by atoms with Gasteiger partial charge in [0.1, 0.15) is 0 Å². The Morgan fingerprint density at radius 2 is 0.705 bits per heavy atom. The zero-order chi connectivity index (χ0) is 102. The predicted molar refractivity (Wildman–Crippen MR) is 512 cm³/mol. The van der Waals surface area contributed by atoms with Crippen LogP contribution in [0.4, 0.5) is 70.5 Å². The summed E-state index contributed by atoms with van der Waals surface area (Å²) in [5.41, 5.74) is 15.4. The van der Waals surface area contributed by atoms with Crippen molar-refractivity contribution in [3.05, 3.63) is 316 Å². The van der Waals surface area contributed by atoms with E-state index >= 15 is 0 Å². The largest absolute Gasteiger partial charge is 0.490 e. The number of carboxylic acid groups (broad SMARTS) is 3. The van der Waals surface area contributed by atoms with Crippen LogP contribution in [0.3, 0.4) is 0 Å². The number of rotatable bonds is 36. The van der Waals surface area contributed by atoms with Crippen molar-refractivity contribution in [3.63, 3.8) is 0 Å². The van der Waals surface area contributed by atoms with E-state index in [4.69, 9.17) is 41.1 Å². The molecular formula is C106H111ClF12N10O10. The summed E-state index contributed by atoms with van der Waals surface area (Å²) >= 11 is 6.34. The third-order valence-corrected chi connectivity index (χ3v) is 23.1. The van der Waals surface area contributed by atoms with Crippen molar-refractivity contribution in [1.29, 1.82) is 0 Å². The molecule has 3 N–H and O–H groups in total. The number of aliphatic carboxylic acids is 3. The van der Waals surface area contributed by atoms with Crippen molar-refractivity contribution < 1.29 is 101 Å². The molecule has 20 nitrogen and oxygen atoms in total. The van der Waals surface area contributed by atoms with Crippen molar-refractivity contribution in [3.8, 4) is 50.6 Å². The lowest BCUT2D eigenvalue weighted by molar-refractivity contribution is -0.143. The highest BCUT2D eigenvalue weighted by molar-refractivity contribution is 6.31. The van der Waals surface area contributed by atoms with Gasteiger partial charge in [0.15, 0.2) is 17.2 Å². The molecular weight excluding hydrogens is 1840 g/mol. The van der Waals surface area contributed by atoms with Gasteiger partial charge in [-0.2, -0.15) is 52.7 Å². The van der Waals surface area contributed by atoms with Crippen molar-refractivity contribution >= 4 is 53.3 Å². The van der Waals surface area contributed by atoms with E-state index in [1.54, 1.807) is 55.9 Å². The molecule has 0 atom stereocenters. The lowest BCUT2D eigenvalue weighted by atomic mass is 9.84. The summed E-state index contributed by atoms with van der Waals surface area (Å²) in [6, 6.07) is 41.2. The third-order valence-electron chi connectivity index (χ3n) is 22.8. The molecule has 33 heteroatoms. The van der Waals surface area contributed by atoms with Gasteiger partial charge in [0.25, 0.3) is 5.91 Å². The molecule has 1 amide bonds. The second-order valence-corrected chi connectivity index (χ2v) is 35.7. The lowest BCUT2D eigenvalue weighted by Crippen LogP contribution is -2.25. The summed E-state index contributed by atoms with van der Waals surface area (Å²) in [5.74, 6) is -0.889. The van der Waals surface area contributed by atoms with Crippen LogP contribution >= 0.6 is 11.6 Å². The van der Waals surface area contributed by atoms with Crippen LogP contribution in [0.5, 0.6) is 17.2 Å². The highest BCUT2D eigenvalue weighted by Crippen LogP contribution is 2.43. The summed E-state index contributed by atoms with van der Waals surface area (Å²) in [7, 11) is 3.39. The Hall–Kier alpha value is -13.7. The number of aromatic nitrogens is 6. The van der Waals surface area contributed by atoms with Gasteiger partial charge < -0.3 is 49.1 Å². The number of ether oxygens (including phenoxy) is 3. The first-order chi connectivity index (χ1) is 65.3. The predicted octanol–water partition coefficient (Wildman–Crippen LogP) is 26.2. The Balaban J connectivity index is 0.000000216. The molecule has 0 spiro atoms. The minimum atomic E-state index is -5.01. The Morgan fingerprint density at radius 1 is 0.353 bits per heavy atom. The molecule has 0 aliphatic carbocycles. The second-order valence-electron chi connectivity index (χ2n) is 35.3. The van der Waals surface area contributed by atoms with Gasteiger partial charge in [-0.1, -0.05) is 146 Å². The van der Waals surface area contributed by atoms with Crippen LogP contribution in [0.2, 0.25) is 5.02 Å². The van der Waals surface area contributed by atoms with Crippen LogP contribution in [-0.4, -0.2) is 108 Å². The second kappa shape index (κ2) is 47.1. The Morgan fingerprint density at radius 3 is 1.06 bits per heavy atom. The van der Waals surface area contributed by atoms with Gasteiger partial charge in [0.2, 0.25) is 17.8 Å². The number of nitrogens with zero attached hydrogens (tertiary/aromatic N) is 10. The molecule has 0 fully saturated rings. The number of halogens is 13. The first kappa shape index (κ1) is 107. The highest BCUT2D eigenvalue weighted by atomic mass is 35.5. The van der Waals surface area contributed by atoms with Gasteiger partial charge in [-0.3, -0.25) is 19.2 Å². The van der Waals surface area contributed by atoms with E-state index in [0.29, 0.717) is 81.8 Å². The SMILES string of the molecule is Cc1cc(CN(Cc2cc(C(F)(F)F)cc(C(F)(F)F)c2)c2ncc(OCCCC(=O)O)cn2)c(-c2cc(C(C)C)cc(C(C)C)c2C)cc1C.Cc1cc(CN(Cc2cc(C)ccc2-c2cc(C(=O)N(C)C)ccc2C)c2ncc(OCCCC(=O)O)cn2)cc(C(F)(F)F)c1.Cc1cc(CN(Cc2cc(C)ccc2-c2cc(Cl)ccc2C)c2ncc(OCCCC(=O)O)cn2)cc(C(F)(F)F)c1. The summed E-state index contributed by atoms with van der Waals surface area (Å²) in [6.07, 6.45) is -9.69. The van der Waals surface area contributed by atoms with Crippen LogP contribution < -0.4 is 28.9 Å². The first-order valence-electron chi connectivity index (χ1n) is 44.8. The molecule has 0 unspecified atom stereocenters. The van der Waals surface area contributed by atoms with Gasteiger partial charge in [-0.15, -0.1) is 0 Å². The summed E-state index contributed by atoms with van der Waals surface area (Å²) < 4.78 is 182. The van der Waals surface area contributed by atoms with Crippen LogP contribution in [0.25, 0.3) is 33.4 Å². The molecule has 0 bridgehead atoms. The number of hydrogen-bond acceptors (Lipinski definition) is 16. The number of hydrogen-bond donors (Lipinski definition) is 3. The standard InChI is InChI=1S/C39H43F6N3O3.C35H37F3N4O4.C32H31ClF3N3O3/c1-22(2)28-15-33(23(3)4)26(7)34(16-28)35-12-25(6)24(5)11-29(35)21-48(37-46-18-32(19-47-37)51-10-8-9-36(49)50)20-27-13-30(38(40,41)42)17-31(14-27)39(43,44)45;1-22-8-11-30(31-17-26(10-9-24(31)3)33(45)41(4)5)27(14-22)21-42(20-25-13-23(2)15-28(16-25)35(36,37)38)34-39-18-29(19-40-34)46-12-6-7-32(43)44;1-20-6-9-28(29-15-26(33)8-7-22(29)3)24(12-20)19-39(18-23-11-21(2)13-25(14-23)32(34,35)36)31-37-16-27(17-38-31)42-10-4-5-30(40)41/h11-19,22-23H,8-10,20-21H2,1-7H3,(H,49,50);8-11,13-19H,6-7,12,20-21H2,1-5H3,(H,43,44);6-9,11-17H,4-5,10,18-19H2,1-3H3,(H,40,41). The van der Waals surface area contributed by atoms with E-state index in [1.807, 2.05) is 119 Å². The minimum absolute atomic E-state index is 0.0198. The van der Waals surface area contributed by atoms with Gasteiger partial charge in [-0.25, -0.2) is 29.9 Å². The van der Waals surface area contributed by atoms with Crippen molar-refractivity contribution in [2.24, 2.45) is 0 Å². The molecule has 3 heterocycles. The maximum absolute atomic E-state index is 13.8. The summed E-state index contributed by atoms with van der Waals surface area (Å²) in [4.78, 5) is 78.5. The van der Waals surface area contributed by atoms with E-state index in [9.17, 15) is 71.9 Å². The van der Waals surface area contributed by atoms with E-state index in [1.165, 1.54) is 47.6 Å². The van der Waals surface area contributed by atoms with Crippen LogP contribution in [0.15, 0.2) is 189 Å². The number of carbonyl (C=O) groups is 4. The minimum Gasteiger partial charge on any atom is -0.490 e. The number of amides is 1. The average Bonchev–Trinajstić information content (AvgIpc) is 0.776. The maximum atomic E-state index is 13.8. The fraction of sp³-hybridized carbons (Fsp3) is 0.340. The number of alkyl halides is 12. The molecule has 0 saturated carbocycles. The molecule has 3 aromatic heterocycles. The lowest BCUT2D eigenvalue weighted by Gasteiger charge is -2.27. The average molecular weight is 1950 g/mol. The van der Waals surface area contributed by atoms with E-state index in [0.717, 1.165) is 119 Å². The molecule has 139 heavy (non-hydrogen) atoms. The van der Waals surface area contributed by atoms with Crippen molar-refractivity contribution in [1.82, 2.24) is 34.8 Å². The fourth-order valence-electron chi connectivity index (χ4n) is 15.7. The maximum Gasteiger partial charge on any atom is 0.416 e.